The molecule has 0 bridgehead atoms. The fourth-order valence-electron chi connectivity index (χ4n) is 2.81. The van der Waals surface area contributed by atoms with Gasteiger partial charge in [0.25, 0.3) is 5.91 Å². The Morgan fingerprint density at radius 3 is 2.64 bits per heavy atom. The lowest BCUT2D eigenvalue weighted by molar-refractivity contribution is -0.137. The molecule has 0 aliphatic carbocycles. The van der Waals surface area contributed by atoms with Crippen LogP contribution in [0.5, 0.6) is 5.75 Å². The van der Waals surface area contributed by atoms with Gasteiger partial charge in [0.2, 0.25) is 10.0 Å². The van der Waals surface area contributed by atoms with Crippen molar-refractivity contribution in [2.75, 3.05) is 30.2 Å². The lowest BCUT2D eigenvalue weighted by atomic mass is 10.2. The van der Waals surface area contributed by atoms with Crippen LogP contribution < -0.4 is 9.04 Å². The van der Waals surface area contributed by atoms with Crippen molar-refractivity contribution in [3.8, 4) is 5.75 Å². The van der Waals surface area contributed by atoms with Crippen LogP contribution >= 0.6 is 11.6 Å². The molecule has 2 heterocycles. The van der Waals surface area contributed by atoms with Crippen LogP contribution in [0.15, 0.2) is 18.2 Å². The maximum Gasteiger partial charge on any atom is 0.265 e. The van der Waals surface area contributed by atoms with E-state index in [1.807, 2.05) is 0 Å². The Bertz CT molecular complexity index is 701. The number of carbonyl (C=O) groups is 1. The summed E-state index contributed by atoms with van der Waals surface area (Å²) in [4.78, 5) is 14.2. The Labute approximate surface area is 134 Å². The van der Waals surface area contributed by atoms with E-state index >= 15 is 0 Å². The molecule has 1 aromatic rings. The maximum atomic E-state index is 12.5. The number of amides is 1. The minimum absolute atomic E-state index is 0.0263. The number of likely N-dealkylation sites (tertiary alicyclic amines) is 1. The molecule has 0 saturated carbocycles. The second kappa shape index (κ2) is 5.62. The number of ether oxygens (including phenoxy) is 1. The van der Waals surface area contributed by atoms with E-state index in [0.717, 1.165) is 19.1 Å². The monoisotopic (exact) mass is 344 g/mol. The van der Waals surface area contributed by atoms with Crippen LogP contribution in [0.4, 0.5) is 5.69 Å². The number of fused-ring (bicyclic) bond motifs is 1. The van der Waals surface area contributed by atoms with Gasteiger partial charge in [-0.1, -0.05) is 11.6 Å². The Balaban J connectivity index is 1.94. The molecular weight excluding hydrogens is 328 g/mol. The van der Waals surface area contributed by atoms with Crippen molar-refractivity contribution in [2.45, 2.75) is 18.9 Å². The summed E-state index contributed by atoms with van der Waals surface area (Å²) in [6.45, 7) is 1.37. The highest BCUT2D eigenvalue weighted by molar-refractivity contribution is 7.92. The highest BCUT2D eigenvalue weighted by atomic mass is 35.5. The number of halogens is 1. The topological polar surface area (TPSA) is 66.9 Å². The van der Waals surface area contributed by atoms with Crippen molar-refractivity contribution in [1.82, 2.24) is 4.90 Å². The zero-order valence-electron chi connectivity index (χ0n) is 12.2. The summed E-state index contributed by atoms with van der Waals surface area (Å²) in [7, 11) is -3.52. The zero-order valence-corrected chi connectivity index (χ0v) is 13.7. The van der Waals surface area contributed by atoms with Gasteiger partial charge in [-0.2, -0.15) is 0 Å². The molecule has 0 radical (unpaired) electrons. The summed E-state index contributed by atoms with van der Waals surface area (Å²) in [5.41, 5.74) is 0.375. The smallest absolute Gasteiger partial charge is 0.265 e. The van der Waals surface area contributed by atoms with Crippen LogP contribution in [0.3, 0.4) is 0 Å². The predicted octanol–water partition coefficient (Wildman–Crippen LogP) is 1.49. The third-order valence-corrected chi connectivity index (χ3v) is 5.27. The molecule has 0 N–H and O–H groups in total. The second-order valence-corrected chi connectivity index (χ2v) is 7.89. The van der Waals surface area contributed by atoms with Gasteiger partial charge in [0.05, 0.1) is 18.5 Å². The first-order valence-electron chi connectivity index (χ1n) is 7.09. The first kappa shape index (κ1) is 15.4. The Morgan fingerprint density at radius 1 is 1.32 bits per heavy atom. The fraction of sp³-hybridized carbons (Fsp3) is 0.500. The minimum Gasteiger partial charge on any atom is -0.476 e. The minimum atomic E-state index is -3.52. The van der Waals surface area contributed by atoms with Crippen LogP contribution in [-0.4, -0.2) is 51.2 Å². The van der Waals surface area contributed by atoms with E-state index < -0.39 is 16.1 Å². The van der Waals surface area contributed by atoms with Gasteiger partial charge < -0.3 is 9.64 Å². The highest BCUT2D eigenvalue weighted by Crippen LogP contribution is 2.37. The summed E-state index contributed by atoms with van der Waals surface area (Å²) in [5.74, 6) is 0.199. The predicted molar refractivity (Wildman–Crippen MR) is 83.9 cm³/mol. The van der Waals surface area contributed by atoms with Gasteiger partial charge in [-0.05, 0) is 31.0 Å². The Hall–Kier alpha value is -1.47. The van der Waals surface area contributed by atoms with Crippen molar-refractivity contribution in [3.05, 3.63) is 23.2 Å². The third kappa shape index (κ3) is 2.87. The Morgan fingerprint density at radius 2 is 2.00 bits per heavy atom. The molecule has 0 spiro atoms. The van der Waals surface area contributed by atoms with Gasteiger partial charge in [-0.25, -0.2) is 8.42 Å². The van der Waals surface area contributed by atoms with Gasteiger partial charge in [0, 0.05) is 18.1 Å². The zero-order chi connectivity index (χ0) is 15.9. The summed E-state index contributed by atoms with van der Waals surface area (Å²) < 4.78 is 31.0. The molecule has 6 nitrogen and oxygen atoms in total. The molecule has 120 valence electrons. The first-order chi connectivity index (χ1) is 10.4. The van der Waals surface area contributed by atoms with Crippen LogP contribution in [-0.2, 0) is 14.8 Å². The number of carbonyl (C=O) groups excluding carboxylic acids is 1. The molecule has 1 atom stereocenters. The molecule has 22 heavy (non-hydrogen) atoms. The summed E-state index contributed by atoms with van der Waals surface area (Å²) >= 11 is 5.94. The molecule has 1 saturated heterocycles. The molecule has 0 unspecified atom stereocenters. The number of hydrogen-bond donors (Lipinski definition) is 0. The molecule has 2 aliphatic heterocycles. The van der Waals surface area contributed by atoms with E-state index in [0.29, 0.717) is 29.5 Å². The number of benzene rings is 1. The van der Waals surface area contributed by atoms with E-state index in [2.05, 4.69) is 0 Å². The lowest BCUT2D eigenvalue weighted by Gasteiger charge is -2.35. The van der Waals surface area contributed by atoms with Crippen LogP contribution in [0, 0.1) is 0 Å². The quantitative estimate of drug-likeness (QED) is 0.815. The lowest BCUT2D eigenvalue weighted by Crippen LogP contribution is -2.51. The van der Waals surface area contributed by atoms with Crippen molar-refractivity contribution in [1.29, 1.82) is 0 Å². The second-order valence-electron chi connectivity index (χ2n) is 5.55. The van der Waals surface area contributed by atoms with Crippen molar-refractivity contribution < 1.29 is 17.9 Å². The summed E-state index contributed by atoms with van der Waals surface area (Å²) in [5, 5.41) is 0.417. The standard InChI is InChI=1S/C14H17ClN2O4S/c1-22(19,20)17-9-13(14(18)16-6-2-3-7-16)21-12-5-4-10(15)8-11(12)17/h4-5,8,13H,2-3,6-7,9H2,1H3/t13-/m0/s1. The van der Waals surface area contributed by atoms with Crippen molar-refractivity contribution in [2.24, 2.45) is 0 Å². The van der Waals surface area contributed by atoms with E-state index in [4.69, 9.17) is 16.3 Å². The number of hydrogen-bond acceptors (Lipinski definition) is 4. The van der Waals surface area contributed by atoms with Gasteiger partial charge >= 0.3 is 0 Å². The van der Waals surface area contributed by atoms with E-state index in [9.17, 15) is 13.2 Å². The third-order valence-electron chi connectivity index (χ3n) is 3.88. The average molecular weight is 345 g/mol. The first-order valence-corrected chi connectivity index (χ1v) is 9.31. The largest absolute Gasteiger partial charge is 0.476 e. The number of sulfonamides is 1. The molecule has 1 fully saturated rings. The molecule has 2 aliphatic rings. The number of rotatable bonds is 2. The Kier molecular flexibility index (Phi) is 3.94. The van der Waals surface area contributed by atoms with Gasteiger partial charge in [-0.3, -0.25) is 9.10 Å². The van der Waals surface area contributed by atoms with Crippen LogP contribution in [0.2, 0.25) is 5.02 Å². The average Bonchev–Trinajstić information content (AvgIpc) is 2.98. The van der Waals surface area contributed by atoms with Gasteiger partial charge in [0.15, 0.2) is 6.10 Å². The summed E-state index contributed by atoms with van der Waals surface area (Å²) in [6.07, 6.45) is 2.24. The van der Waals surface area contributed by atoms with Crippen LogP contribution in [0.25, 0.3) is 0 Å². The normalized spacial score (nSPS) is 21.5. The SMILES string of the molecule is CS(=O)(=O)N1C[C@@H](C(=O)N2CCCC2)Oc2ccc(Cl)cc21. The van der Waals surface area contributed by atoms with Gasteiger partial charge in [-0.15, -0.1) is 0 Å². The number of anilines is 1. The van der Waals surface area contributed by atoms with Crippen molar-refractivity contribution in [3.63, 3.8) is 0 Å². The summed E-state index contributed by atoms with van der Waals surface area (Å²) in [6, 6.07) is 4.75. The molecular formula is C14H17ClN2O4S. The van der Waals surface area contributed by atoms with E-state index in [-0.39, 0.29) is 12.5 Å². The molecule has 8 heteroatoms. The maximum absolute atomic E-state index is 12.5. The molecule has 1 aromatic carbocycles. The number of nitrogens with zero attached hydrogens (tertiary/aromatic N) is 2. The molecule has 1 amide bonds. The van der Waals surface area contributed by atoms with Crippen molar-refractivity contribution >= 4 is 33.2 Å². The van der Waals surface area contributed by atoms with Crippen LogP contribution in [0.1, 0.15) is 12.8 Å². The molecule has 3 rings (SSSR count). The highest BCUT2D eigenvalue weighted by Gasteiger charge is 2.37. The fourth-order valence-corrected chi connectivity index (χ4v) is 3.88. The van der Waals surface area contributed by atoms with E-state index in [1.165, 1.54) is 10.4 Å². The van der Waals surface area contributed by atoms with Gasteiger partial charge in [0.1, 0.15) is 5.75 Å². The molecule has 0 aromatic heterocycles. The van der Waals surface area contributed by atoms with E-state index in [1.54, 1.807) is 17.0 Å².